The van der Waals surface area contributed by atoms with Crippen LogP contribution in [0, 0.1) is 13.8 Å². The van der Waals surface area contributed by atoms with E-state index in [0.29, 0.717) is 27.7 Å². The highest BCUT2D eigenvalue weighted by atomic mass is 16.5. The SMILES string of the molecule is Cc1ccc(C(=O)Nc2cc(C)nc3ccc(C(=O)OC(C)C)cc23)cc1. The fourth-order valence-corrected chi connectivity index (χ4v) is 2.77. The second-order valence-corrected chi connectivity index (χ2v) is 6.82. The molecule has 138 valence electrons. The number of hydrogen-bond acceptors (Lipinski definition) is 4. The lowest BCUT2D eigenvalue weighted by molar-refractivity contribution is 0.0378. The van der Waals surface area contributed by atoms with E-state index in [9.17, 15) is 9.59 Å². The normalized spacial score (nSPS) is 10.9. The van der Waals surface area contributed by atoms with Crippen LogP contribution >= 0.6 is 0 Å². The van der Waals surface area contributed by atoms with E-state index in [1.165, 1.54) is 0 Å². The Hall–Kier alpha value is -3.21. The molecule has 1 heterocycles. The van der Waals surface area contributed by atoms with E-state index in [1.807, 2.05) is 26.0 Å². The highest BCUT2D eigenvalue weighted by molar-refractivity contribution is 6.09. The third-order valence-electron chi connectivity index (χ3n) is 4.08. The number of nitrogens with zero attached hydrogens (tertiary/aromatic N) is 1. The Labute approximate surface area is 158 Å². The topological polar surface area (TPSA) is 68.3 Å². The Bertz CT molecular complexity index is 1010. The minimum Gasteiger partial charge on any atom is -0.459 e. The number of hydrogen-bond donors (Lipinski definition) is 1. The third kappa shape index (κ3) is 4.31. The van der Waals surface area contributed by atoms with Gasteiger partial charge in [-0.15, -0.1) is 0 Å². The molecule has 2 aromatic carbocycles. The number of esters is 1. The first kappa shape index (κ1) is 18.6. The van der Waals surface area contributed by atoms with Crippen LogP contribution in [0.5, 0.6) is 0 Å². The van der Waals surface area contributed by atoms with Gasteiger partial charge in [0.1, 0.15) is 0 Å². The highest BCUT2D eigenvalue weighted by Gasteiger charge is 2.14. The maximum Gasteiger partial charge on any atom is 0.338 e. The number of pyridine rings is 1. The lowest BCUT2D eigenvalue weighted by atomic mass is 10.1. The van der Waals surface area contributed by atoms with Crippen LogP contribution in [0.15, 0.2) is 48.5 Å². The zero-order valence-electron chi connectivity index (χ0n) is 15.9. The number of aromatic nitrogens is 1. The summed E-state index contributed by atoms with van der Waals surface area (Å²) in [6.07, 6.45) is -0.204. The number of aryl methyl sites for hydroxylation is 2. The maximum atomic E-state index is 12.6. The molecule has 0 atom stereocenters. The third-order valence-corrected chi connectivity index (χ3v) is 4.08. The van der Waals surface area contributed by atoms with Crippen molar-refractivity contribution in [3.63, 3.8) is 0 Å². The summed E-state index contributed by atoms with van der Waals surface area (Å²) in [6.45, 7) is 7.44. The fourth-order valence-electron chi connectivity index (χ4n) is 2.77. The summed E-state index contributed by atoms with van der Waals surface area (Å²) in [6, 6.07) is 14.3. The van der Waals surface area contributed by atoms with Crippen LogP contribution in [-0.2, 0) is 4.74 Å². The van der Waals surface area contributed by atoms with E-state index in [2.05, 4.69) is 10.3 Å². The van der Waals surface area contributed by atoms with Gasteiger partial charge in [0.05, 0.1) is 22.9 Å². The summed E-state index contributed by atoms with van der Waals surface area (Å²) in [5, 5.41) is 3.63. The Balaban J connectivity index is 1.99. The van der Waals surface area contributed by atoms with Crippen LogP contribution in [0.3, 0.4) is 0 Å². The number of anilines is 1. The largest absolute Gasteiger partial charge is 0.459 e. The minimum absolute atomic E-state index is 0.204. The Morgan fingerprint density at radius 1 is 0.963 bits per heavy atom. The molecule has 3 aromatic rings. The van der Waals surface area contributed by atoms with E-state index in [4.69, 9.17) is 4.74 Å². The van der Waals surface area contributed by atoms with Crippen molar-refractivity contribution in [2.45, 2.75) is 33.8 Å². The molecule has 1 aromatic heterocycles. The van der Waals surface area contributed by atoms with Gasteiger partial charge in [-0.25, -0.2) is 4.79 Å². The van der Waals surface area contributed by atoms with Gasteiger partial charge in [0, 0.05) is 16.6 Å². The first-order chi connectivity index (χ1) is 12.8. The van der Waals surface area contributed by atoms with Crippen molar-refractivity contribution in [1.82, 2.24) is 4.98 Å². The average molecular weight is 362 g/mol. The number of amides is 1. The van der Waals surface area contributed by atoms with Gasteiger partial charge >= 0.3 is 5.97 Å². The fraction of sp³-hybridized carbons (Fsp3) is 0.227. The standard InChI is InChI=1S/C22H22N2O3/c1-13(2)27-22(26)17-9-10-19-18(12-17)20(11-15(4)23-19)24-21(25)16-7-5-14(3)6-8-16/h5-13H,1-4H3,(H,23,24,25). The molecule has 5 heteroatoms. The van der Waals surface area contributed by atoms with Gasteiger partial charge in [0.15, 0.2) is 0 Å². The Morgan fingerprint density at radius 3 is 2.30 bits per heavy atom. The molecule has 1 N–H and O–H groups in total. The first-order valence-corrected chi connectivity index (χ1v) is 8.84. The number of ether oxygens (including phenoxy) is 1. The molecule has 0 unspecified atom stereocenters. The Morgan fingerprint density at radius 2 is 1.63 bits per heavy atom. The molecule has 27 heavy (non-hydrogen) atoms. The first-order valence-electron chi connectivity index (χ1n) is 8.84. The number of benzene rings is 2. The van der Waals surface area contributed by atoms with E-state index in [1.54, 1.807) is 50.2 Å². The van der Waals surface area contributed by atoms with Crippen molar-refractivity contribution < 1.29 is 14.3 Å². The van der Waals surface area contributed by atoms with Crippen LogP contribution < -0.4 is 5.32 Å². The van der Waals surface area contributed by atoms with Crippen LogP contribution in [0.2, 0.25) is 0 Å². The van der Waals surface area contributed by atoms with Crippen molar-refractivity contribution in [1.29, 1.82) is 0 Å². The van der Waals surface area contributed by atoms with E-state index < -0.39 is 5.97 Å². The average Bonchev–Trinajstić information content (AvgIpc) is 2.61. The molecule has 0 fully saturated rings. The molecule has 1 amide bonds. The quantitative estimate of drug-likeness (QED) is 0.685. The van der Waals surface area contributed by atoms with Crippen molar-refractivity contribution in [3.8, 4) is 0 Å². The van der Waals surface area contributed by atoms with Crippen LogP contribution in [0.4, 0.5) is 5.69 Å². The summed E-state index contributed by atoms with van der Waals surface area (Å²) in [5.74, 6) is -0.611. The van der Waals surface area contributed by atoms with E-state index in [0.717, 1.165) is 11.3 Å². The molecule has 0 aliphatic heterocycles. The van der Waals surface area contributed by atoms with E-state index in [-0.39, 0.29) is 12.0 Å². The predicted octanol–water partition coefficient (Wildman–Crippen LogP) is 4.67. The maximum absolute atomic E-state index is 12.6. The molecule has 0 bridgehead atoms. The van der Waals surface area contributed by atoms with Crippen LogP contribution in [0.25, 0.3) is 10.9 Å². The second kappa shape index (κ2) is 7.58. The molecular formula is C22H22N2O3. The van der Waals surface area contributed by atoms with Crippen molar-refractivity contribution in [2.75, 3.05) is 5.32 Å². The summed E-state index contributed by atoms with van der Waals surface area (Å²) in [7, 11) is 0. The summed E-state index contributed by atoms with van der Waals surface area (Å²) >= 11 is 0. The molecule has 3 rings (SSSR count). The highest BCUT2D eigenvalue weighted by Crippen LogP contribution is 2.25. The van der Waals surface area contributed by atoms with Crippen LogP contribution in [-0.4, -0.2) is 23.0 Å². The minimum atomic E-state index is -0.400. The molecule has 5 nitrogen and oxygen atoms in total. The van der Waals surface area contributed by atoms with Crippen LogP contribution in [0.1, 0.15) is 45.8 Å². The molecule has 0 saturated carbocycles. The summed E-state index contributed by atoms with van der Waals surface area (Å²) in [5.41, 5.74) is 4.17. The number of fused-ring (bicyclic) bond motifs is 1. The number of carbonyl (C=O) groups is 2. The molecular weight excluding hydrogens is 340 g/mol. The van der Waals surface area contributed by atoms with E-state index >= 15 is 0 Å². The van der Waals surface area contributed by atoms with Gasteiger partial charge in [-0.1, -0.05) is 17.7 Å². The second-order valence-electron chi connectivity index (χ2n) is 6.82. The van der Waals surface area contributed by atoms with Gasteiger partial charge in [-0.2, -0.15) is 0 Å². The van der Waals surface area contributed by atoms with Crippen molar-refractivity contribution in [2.24, 2.45) is 0 Å². The number of carbonyl (C=O) groups excluding carboxylic acids is 2. The Kier molecular flexibility index (Phi) is 5.21. The van der Waals surface area contributed by atoms with Crippen molar-refractivity contribution >= 4 is 28.5 Å². The molecule has 0 aliphatic carbocycles. The molecule has 0 radical (unpaired) electrons. The lowest BCUT2D eigenvalue weighted by Gasteiger charge is -2.12. The monoisotopic (exact) mass is 362 g/mol. The molecule has 0 spiro atoms. The predicted molar refractivity (Wildman–Crippen MR) is 106 cm³/mol. The zero-order chi connectivity index (χ0) is 19.6. The lowest BCUT2D eigenvalue weighted by Crippen LogP contribution is -2.13. The molecule has 0 aliphatic rings. The van der Waals surface area contributed by atoms with Gasteiger partial charge < -0.3 is 10.1 Å². The van der Waals surface area contributed by atoms with Gasteiger partial charge in [-0.05, 0) is 64.1 Å². The van der Waals surface area contributed by atoms with Gasteiger partial charge in [0.2, 0.25) is 0 Å². The number of rotatable bonds is 4. The van der Waals surface area contributed by atoms with Gasteiger partial charge in [-0.3, -0.25) is 9.78 Å². The smallest absolute Gasteiger partial charge is 0.338 e. The van der Waals surface area contributed by atoms with Crippen molar-refractivity contribution in [3.05, 3.63) is 70.9 Å². The van der Waals surface area contributed by atoms with Gasteiger partial charge in [0.25, 0.3) is 5.91 Å². The number of nitrogens with one attached hydrogen (secondary N) is 1. The summed E-state index contributed by atoms with van der Waals surface area (Å²) < 4.78 is 5.26. The zero-order valence-corrected chi connectivity index (χ0v) is 15.9. The summed E-state index contributed by atoms with van der Waals surface area (Å²) in [4.78, 5) is 29.3. The molecule has 0 saturated heterocycles.